The summed E-state index contributed by atoms with van der Waals surface area (Å²) >= 11 is 1.54. The number of fused-ring (bicyclic) bond motifs is 1. The van der Waals surface area contributed by atoms with Crippen molar-refractivity contribution < 1.29 is 9.59 Å². The highest BCUT2D eigenvalue weighted by Gasteiger charge is 2.21. The average Bonchev–Trinajstić information content (AvgIpc) is 3.24. The number of amides is 2. The summed E-state index contributed by atoms with van der Waals surface area (Å²) in [6.45, 7) is 0.766. The summed E-state index contributed by atoms with van der Waals surface area (Å²) in [5.41, 5.74) is 2.35. The summed E-state index contributed by atoms with van der Waals surface area (Å²) in [5, 5.41) is 4.82. The third-order valence-corrected chi connectivity index (χ3v) is 4.79. The van der Waals surface area contributed by atoms with Crippen molar-refractivity contribution in [2.45, 2.75) is 19.3 Å². The van der Waals surface area contributed by atoms with Crippen LogP contribution in [0.3, 0.4) is 0 Å². The molecule has 2 aromatic heterocycles. The number of aromatic nitrogens is 2. The zero-order valence-electron chi connectivity index (χ0n) is 12.9. The first kappa shape index (κ1) is 14.9. The van der Waals surface area contributed by atoms with Crippen molar-refractivity contribution in [1.82, 2.24) is 9.38 Å². The number of carbonyl (C=O) groups excluding carboxylic acids is 2. The van der Waals surface area contributed by atoms with Crippen LogP contribution in [0.15, 0.2) is 42.0 Å². The van der Waals surface area contributed by atoms with E-state index in [1.807, 2.05) is 46.4 Å². The van der Waals surface area contributed by atoms with Crippen LogP contribution in [0.2, 0.25) is 0 Å². The van der Waals surface area contributed by atoms with Gasteiger partial charge in [0.05, 0.1) is 12.1 Å². The first-order valence-corrected chi connectivity index (χ1v) is 8.68. The van der Waals surface area contributed by atoms with Crippen molar-refractivity contribution >= 4 is 39.5 Å². The minimum Gasteiger partial charge on any atom is -0.326 e. The largest absolute Gasteiger partial charge is 0.326 e. The fraction of sp³-hybridized carbons (Fsp3) is 0.235. The summed E-state index contributed by atoms with van der Waals surface area (Å²) in [4.78, 5) is 31.0. The Kier molecular flexibility index (Phi) is 3.78. The number of carbonyl (C=O) groups is 2. The molecule has 0 unspecified atom stereocenters. The normalized spacial score (nSPS) is 14.5. The average molecular weight is 340 g/mol. The number of hydrogen-bond donors (Lipinski definition) is 1. The summed E-state index contributed by atoms with van der Waals surface area (Å²) in [6.07, 6.45) is 5.54. The number of nitrogens with one attached hydrogen (secondary N) is 1. The Labute approximate surface area is 142 Å². The molecular weight excluding hydrogens is 324 g/mol. The SMILES string of the molecule is O=C(Cc1cn2ccsc2n1)Nc1ccc(N2CCCC2=O)cc1. The van der Waals surface area contributed by atoms with E-state index in [0.29, 0.717) is 6.42 Å². The van der Waals surface area contributed by atoms with E-state index >= 15 is 0 Å². The molecule has 1 aliphatic rings. The molecule has 1 saturated heterocycles. The number of imidazole rings is 1. The van der Waals surface area contributed by atoms with Crippen LogP contribution in [-0.2, 0) is 16.0 Å². The van der Waals surface area contributed by atoms with Gasteiger partial charge in [0.1, 0.15) is 0 Å². The zero-order valence-corrected chi connectivity index (χ0v) is 13.8. The zero-order chi connectivity index (χ0) is 16.5. The van der Waals surface area contributed by atoms with Gasteiger partial charge < -0.3 is 10.2 Å². The van der Waals surface area contributed by atoms with Crippen molar-refractivity contribution in [1.29, 1.82) is 0 Å². The minimum absolute atomic E-state index is 0.106. The van der Waals surface area contributed by atoms with E-state index in [4.69, 9.17) is 0 Å². The van der Waals surface area contributed by atoms with Gasteiger partial charge in [0, 0.05) is 42.1 Å². The van der Waals surface area contributed by atoms with Crippen molar-refractivity contribution in [3.05, 3.63) is 47.7 Å². The molecule has 1 aliphatic heterocycles. The maximum Gasteiger partial charge on any atom is 0.230 e. The second-order valence-corrected chi connectivity index (χ2v) is 6.62. The van der Waals surface area contributed by atoms with Gasteiger partial charge in [0.15, 0.2) is 4.96 Å². The Morgan fingerprint density at radius 3 is 2.83 bits per heavy atom. The minimum atomic E-state index is -0.106. The number of benzene rings is 1. The van der Waals surface area contributed by atoms with Crippen molar-refractivity contribution in [2.24, 2.45) is 0 Å². The second kappa shape index (κ2) is 6.09. The third-order valence-electron chi connectivity index (χ3n) is 4.02. The van der Waals surface area contributed by atoms with Crippen LogP contribution < -0.4 is 10.2 Å². The lowest BCUT2D eigenvalue weighted by Gasteiger charge is -2.16. The molecule has 1 fully saturated rings. The number of thiazole rings is 1. The summed E-state index contributed by atoms with van der Waals surface area (Å²) in [6, 6.07) is 7.38. The fourth-order valence-corrected chi connectivity index (χ4v) is 3.60. The van der Waals surface area contributed by atoms with E-state index in [1.165, 1.54) is 0 Å². The Bertz CT molecular complexity index is 868. The number of hydrogen-bond acceptors (Lipinski definition) is 4. The van der Waals surface area contributed by atoms with Crippen LogP contribution >= 0.6 is 11.3 Å². The van der Waals surface area contributed by atoms with Gasteiger partial charge >= 0.3 is 0 Å². The lowest BCUT2D eigenvalue weighted by molar-refractivity contribution is -0.117. The molecule has 1 aromatic carbocycles. The molecule has 6 nitrogen and oxygen atoms in total. The smallest absolute Gasteiger partial charge is 0.230 e. The monoisotopic (exact) mass is 340 g/mol. The first-order valence-electron chi connectivity index (χ1n) is 7.80. The molecular formula is C17H16N4O2S. The molecule has 3 aromatic rings. The Morgan fingerprint density at radius 1 is 1.29 bits per heavy atom. The van der Waals surface area contributed by atoms with Crippen LogP contribution in [0.4, 0.5) is 11.4 Å². The van der Waals surface area contributed by atoms with Gasteiger partial charge in [-0.3, -0.25) is 14.0 Å². The topological polar surface area (TPSA) is 66.7 Å². The van der Waals surface area contributed by atoms with E-state index in [2.05, 4.69) is 10.3 Å². The molecule has 7 heteroatoms. The molecule has 0 saturated carbocycles. The summed E-state index contributed by atoms with van der Waals surface area (Å²) in [5.74, 6) is 0.0530. The molecule has 122 valence electrons. The molecule has 4 rings (SSSR count). The Hall–Kier alpha value is -2.67. The van der Waals surface area contributed by atoms with E-state index in [1.54, 1.807) is 16.2 Å². The Balaban J connectivity index is 1.40. The second-order valence-electron chi connectivity index (χ2n) is 5.75. The number of rotatable bonds is 4. The highest BCUT2D eigenvalue weighted by molar-refractivity contribution is 7.15. The lowest BCUT2D eigenvalue weighted by atomic mass is 10.2. The predicted octanol–water partition coefficient (Wildman–Crippen LogP) is 2.70. The quantitative estimate of drug-likeness (QED) is 0.794. The van der Waals surface area contributed by atoms with Crippen molar-refractivity contribution in [2.75, 3.05) is 16.8 Å². The van der Waals surface area contributed by atoms with Gasteiger partial charge in [-0.15, -0.1) is 11.3 Å². The summed E-state index contributed by atoms with van der Waals surface area (Å²) < 4.78 is 1.91. The van der Waals surface area contributed by atoms with Crippen molar-refractivity contribution in [3.8, 4) is 0 Å². The van der Waals surface area contributed by atoms with Crippen LogP contribution in [0, 0.1) is 0 Å². The molecule has 1 N–H and O–H groups in total. The Morgan fingerprint density at radius 2 is 2.12 bits per heavy atom. The van der Waals surface area contributed by atoms with Crippen LogP contribution in [0.5, 0.6) is 0 Å². The fourth-order valence-electron chi connectivity index (χ4n) is 2.88. The number of nitrogens with zero attached hydrogens (tertiary/aromatic N) is 3. The molecule has 3 heterocycles. The standard InChI is InChI=1S/C17H16N4O2S/c22-15(10-13-11-20-8-9-24-17(20)19-13)18-12-3-5-14(6-4-12)21-7-1-2-16(21)23/h3-6,8-9,11H,1-2,7,10H2,(H,18,22). The number of anilines is 2. The molecule has 0 spiro atoms. The van der Waals surface area contributed by atoms with Gasteiger partial charge in [-0.2, -0.15) is 0 Å². The van der Waals surface area contributed by atoms with Crippen molar-refractivity contribution in [3.63, 3.8) is 0 Å². The molecule has 2 amide bonds. The van der Waals surface area contributed by atoms with Crippen LogP contribution in [-0.4, -0.2) is 27.7 Å². The highest BCUT2D eigenvalue weighted by atomic mass is 32.1. The third kappa shape index (κ3) is 2.90. The van der Waals surface area contributed by atoms with Gasteiger partial charge in [-0.05, 0) is 30.7 Å². The maximum absolute atomic E-state index is 12.2. The van der Waals surface area contributed by atoms with E-state index in [-0.39, 0.29) is 18.2 Å². The van der Waals surface area contributed by atoms with E-state index < -0.39 is 0 Å². The summed E-state index contributed by atoms with van der Waals surface area (Å²) in [7, 11) is 0. The molecule has 0 atom stereocenters. The molecule has 24 heavy (non-hydrogen) atoms. The first-order chi connectivity index (χ1) is 11.7. The molecule has 0 radical (unpaired) electrons. The van der Waals surface area contributed by atoms with Crippen LogP contribution in [0.25, 0.3) is 4.96 Å². The predicted molar refractivity (Wildman–Crippen MR) is 93.4 cm³/mol. The lowest BCUT2D eigenvalue weighted by Crippen LogP contribution is -2.23. The van der Waals surface area contributed by atoms with E-state index in [9.17, 15) is 9.59 Å². The molecule has 0 bridgehead atoms. The van der Waals surface area contributed by atoms with Gasteiger partial charge in [-0.1, -0.05) is 0 Å². The van der Waals surface area contributed by atoms with Gasteiger partial charge in [-0.25, -0.2) is 4.98 Å². The highest BCUT2D eigenvalue weighted by Crippen LogP contribution is 2.23. The van der Waals surface area contributed by atoms with Gasteiger partial charge in [0.25, 0.3) is 0 Å². The molecule has 0 aliphatic carbocycles. The van der Waals surface area contributed by atoms with Crippen LogP contribution in [0.1, 0.15) is 18.5 Å². The maximum atomic E-state index is 12.2. The van der Waals surface area contributed by atoms with Gasteiger partial charge in [0.2, 0.25) is 11.8 Å². The van der Waals surface area contributed by atoms with E-state index in [0.717, 1.165) is 35.0 Å².